The number of amides is 1. The zero-order chi connectivity index (χ0) is 18.8. The standard InChI is InChI=1S/C19H23N3O2S2/c1-4-12-15(13-7-6-10-25-13)16-18(26-12)21-17(11(2)3)22(19(16)24)9-5-8-14(20)23/h6-7,10-11H,4-5,8-9H2,1-3H3,(H2,20,23). The maximum Gasteiger partial charge on any atom is 0.262 e. The monoisotopic (exact) mass is 389 g/mol. The highest BCUT2D eigenvalue weighted by Crippen LogP contribution is 2.39. The zero-order valence-corrected chi connectivity index (χ0v) is 16.9. The molecule has 0 unspecified atom stereocenters. The van der Waals surface area contributed by atoms with Crippen molar-refractivity contribution in [2.75, 3.05) is 0 Å². The Morgan fingerprint density at radius 3 is 2.73 bits per heavy atom. The van der Waals surface area contributed by atoms with Gasteiger partial charge in [-0.15, -0.1) is 22.7 Å². The van der Waals surface area contributed by atoms with Crippen LogP contribution in [0.15, 0.2) is 22.3 Å². The van der Waals surface area contributed by atoms with Crippen molar-refractivity contribution < 1.29 is 4.79 Å². The van der Waals surface area contributed by atoms with Crippen LogP contribution in [0.1, 0.15) is 50.2 Å². The molecule has 138 valence electrons. The van der Waals surface area contributed by atoms with Crippen molar-refractivity contribution in [2.45, 2.75) is 52.5 Å². The van der Waals surface area contributed by atoms with Crippen molar-refractivity contribution >= 4 is 38.8 Å². The summed E-state index contributed by atoms with van der Waals surface area (Å²) in [6, 6.07) is 4.06. The molecule has 0 aliphatic carbocycles. The van der Waals surface area contributed by atoms with Gasteiger partial charge in [0.1, 0.15) is 10.7 Å². The molecule has 0 radical (unpaired) electrons. The van der Waals surface area contributed by atoms with E-state index in [1.165, 1.54) is 4.88 Å². The Balaban J connectivity index is 2.23. The number of carbonyl (C=O) groups is 1. The molecule has 26 heavy (non-hydrogen) atoms. The van der Waals surface area contributed by atoms with Crippen LogP contribution >= 0.6 is 22.7 Å². The van der Waals surface area contributed by atoms with E-state index in [1.54, 1.807) is 27.2 Å². The minimum atomic E-state index is -0.346. The van der Waals surface area contributed by atoms with Gasteiger partial charge in [0.25, 0.3) is 5.56 Å². The molecule has 0 saturated carbocycles. The van der Waals surface area contributed by atoms with Gasteiger partial charge in [-0.3, -0.25) is 14.2 Å². The van der Waals surface area contributed by atoms with Gasteiger partial charge in [0.2, 0.25) is 5.91 Å². The molecule has 3 aromatic heterocycles. The van der Waals surface area contributed by atoms with Gasteiger partial charge >= 0.3 is 0 Å². The Morgan fingerprint density at radius 2 is 2.15 bits per heavy atom. The summed E-state index contributed by atoms with van der Waals surface area (Å²) >= 11 is 3.25. The Kier molecular flexibility index (Phi) is 5.58. The molecule has 0 aliphatic rings. The van der Waals surface area contributed by atoms with Crippen LogP contribution in [-0.4, -0.2) is 15.5 Å². The van der Waals surface area contributed by atoms with Gasteiger partial charge in [0, 0.05) is 34.2 Å². The molecule has 2 N–H and O–H groups in total. The van der Waals surface area contributed by atoms with E-state index in [-0.39, 0.29) is 23.8 Å². The van der Waals surface area contributed by atoms with E-state index in [0.29, 0.717) is 18.4 Å². The van der Waals surface area contributed by atoms with Gasteiger partial charge in [-0.1, -0.05) is 26.8 Å². The molecular formula is C19H23N3O2S2. The summed E-state index contributed by atoms with van der Waals surface area (Å²) in [5.41, 5.74) is 6.27. The molecule has 0 saturated heterocycles. The Morgan fingerprint density at radius 1 is 1.38 bits per heavy atom. The fourth-order valence-corrected chi connectivity index (χ4v) is 5.14. The average Bonchev–Trinajstić information content (AvgIpc) is 3.22. The zero-order valence-electron chi connectivity index (χ0n) is 15.2. The molecule has 0 spiro atoms. The van der Waals surface area contributed by atoms with E-state index < -0.39 is 0 Å². The third-order valence-electron chi connectivity index (χ3n) is 4.32. The highest BCUT2D eigenvalue weighted by Gasteiger charge is 2.22. The van der Waals surface area contributed by atoms with Crippen LogP contribution in [0.25, 0.3) is 20.7 Å². The molecule has 1 amide bonds. The predicted octanol–water partition coefficient (Wildman–Crippen LogP) is 4.14. The number of aromatic nitrogens is 2. The highest BCUT2D eigenvalue weighted by molar-refractivity contribution is 7.20. The van der Waals surface area contributed by atoms with Crippen molar-refractivity contribution in [3.63, 3.8) is 0 Å². The largest absolute Gasteiger partial charge is 0.370 e. The molecule has 0 bridgehead atoms. The number of fused-ring (bicyclic) bond motifs is 1. The first kappa shape index (κ1) is 18.8. The maximum atomic E-state index is 13.4. The summed E-state index contributed by atoms with van der Waals surface area (Å²) < 4.78 is 1.74. The molecule has 3 aromatic rings. The van der Waals surface area contributed by atoms with Crippen molar-refractivity contribution in [1.82, 2.24) is 9.55 Å². The minimum Gasteiger partial charge on any atom is -0.370 e. The molecule has 5 nitrogen and oxygen atoms in total. The predicted molar refractivity (Wildman–Crippen MR) is 109 cm³/mol. The second-order valence-corrected chi connectivity index (χ2v) is 8.59. The van der Waals surface area contributed by atoms with Crippen LogP contribution in [0, 0.1) is 0 Å². The number of carbonyl (C=O) groups excluding carboxylic acids is 1. The molecule has 3 rings (SSSR count). The molecule has 0 fully saturated rings. The van der Waals surface area contributed by atoms with Crippen molar-refractivity contribution in [3.05, 3.63) is 38.6 Å². The van der Waals surface area contributed by atoms with Gasteiger partial charge < -0.3 is 5.73 Å². The number of rotatable bonds is 7. The second-order valence-electron chi connectivity index (χ2n) is 6.56. The van der Waals surface area contributed by atoms with Crippen molar-refractivity contribution in [3.8, 4) is 10.4 Å². The number of nitrogens with two attached hydrogens (primary N) is 1. The smallest absolute Gasteiger partial charge is 0.262 e. The first-order valence-corrected chi connectivity index (χ1v) is 10.5. The fraction of sp³-hybridized carbons (Fsp3) is 0.421. The van der Waals surface area contributed by atoms with E-state index in [9.17, 15) is 9.59 Å². The number of hydrogen-bond donors (Lipinski definition) is 1. The number of thiophene rings is 2. The Bertz CT molecular complexity index is 985. The number of primary amides is 1. The molecule has 0 aliphatic heterocycles. The van der Waals surface area contributed by atoms with E-state index >= 15 is 0 Å². The highest BCUT2D eigenvalue weighted by atomic mass is 32.1. The van der Waals surface area contributed by atoms with Gasteiger partial charge in [-0.2, -0.15) is 0 Å². The van der Waals surface area contributed by atoms with Crippen LogP contribution < -0.4 is 11.3 Å². The summed E-state index contributed by atoms with van der Waals surface area (Å²) in [5.74, 6) is 0.549. The van der Waals surface area contributed by atoms with Crippen LogP contribution in [0.3, 0.4) is 0 Å². The lowest BCUT2D eigenvalue weighted by Crippen LogP contribution is -2.26. The molecule has 0 atom stereocenters. The first-order valence-electron chi connectivity index (χ1n) is 8.82. The molecule has 7 heteroatoms. The van der Waals surface area contributed by atoms with Gasteiger partial charge in [0.15, 0.2) is 0 Å². The van der Waals surface area contributed by atoms with Gasteiger partial charge in [-0.05, 0) is 24.3 Å². The third-order valence-corrected chi connectivity index (χ3v) is 6.44. The second kappa shape index (κ2) is 7.72. The van der Waals surface area contributed by atoms with E-state index in [2.05, 4.69) is 13.0 Å². The third kappa shape index (κ3) is 3.46. The summed E-state index contributed by atoms with van der Waals surface area (Å²) in [6.45, 7) is 6.63. The van der Waals surface area contributed by atoms with Gasteiger partial charge in [0.05, 0.1) is 5.39 Å². The number of nitrogens with zero attached hydrogens (tertiary/aromatic N) is 2. The normalized spacial score (nSPS) is 11.5. The summed E-state index contributed by atoms with van der Waals surface area (Å²) in [6.07, 6.45) is 1.68. The van der Waals surface area contributed by atoms with Crippen LogP contribution in [-0.2, 0) is 17.8 Å². The first-order chi connectivity index (χ1) is 12.4. The van der Waals surface area contributed by atoms with Crippen LogP contribution in [0.4, 0.5) is 0 Å². The Labute approximate surface area is 160 Å². The van der Waals surface area contributed by atoms with E-state index in [0.717, 1.165) is 27.5 Å². The lowest BCUT2D eigenvalue weighted by Gasteiger charge is -2.15. The van der Waals surface area contributed by atoms with E-state index in [4.69, 9.17) is 10.7 Å². The van der Waals surface area contributed by atoms with Crippen LogP contribution in [0.5, 0.6) is 0 Å². The van der Waals surface area contributed by atoms with Crippen molar-refractivity contribution in [2.24, 2.45) is 5.73 Å². The molecular weight excluding hydrogens is 366 g/mol. The van der Waals surface area contributed by atoms with Gasteiger partial charge in [-0.25, -0.2) is 4.98 Å². The van der Waals surface area contributed by atoms with Crippen LogP contribution in [0.2, 0.25) is 0 Å². The molecule has 0 aromatic carbocycles. The summed E-state index contributed by atoms with van der Waals surface area (Å²) in [5, 5.41) is 2.73. The topological polar surface area (TPSA) is 78.0 Å². The SMILES string of the molecule is CCc1sc2nc(C(C)C)n(CCCC(N)=O)c(=O)c2c1-c1cccs1. The average molecular weight is 390 g/mol. The molecule has 3 heterocycles. The summed E-state index contributed by atoms with van der Waals surface area (Å²) in [7, 11) is 0. The quantitative estimate of drug-likeness (QED) is 0.660. The number of aryl methyl sites for hydroxylation is 1. The Hall–Kier alpha value is -1.99. The maximum absolute atomic E-state index is 13.4. The van der Waals surface area contributed by atoms with E-state index in [1.807, 2.05) is 25.3 Å². The lowest BCUT2D eigenvalue weighted by molar-refractivity contribution is -0.118. The van der Waals surface area contributed by atoms with Crippen molar-refractivity contribution in [1.29, 1.82) is 0 Å². The number of hydrogen-bond acceptors (Lipinski definition) is 5. The summed E-state index contributed by atoms with van der Waals surface area (Å²) in [4.78, 5) is 32.4. The minimum absolute atomic E-state index is 0.0116. The fourth-order valence-electron chi connectivity index (χ4n) is 3.14. The lowest BCUT2D eigenvalue weighted by atomic mass is 10.1.